The van der Waals surface area contributed by atoms with Crippen molar-refractivity contribution in [1.29, 1.82) is 0 Å². The SMILES string of the molecule is NCC(O)(CC(=O)O)C(F)(F)F. The number of carbonyl (C=O) groups is 1. The number of rotatable bonds is 3. The van der Waals surface area contributed by atoms with E-state index in [-0.39, 0.29) is 0 Å². The molecule has 0 aliphatic heterocycles. The Hall–Kier alpha value is -0.820. The molecular weight excluding hydrogens is 179 g/mol. The van der Waals surface area contributed by atoms with Crippen molar-refractivity contribution in [3.05, 3.63) is 0 Å². The zero-order valence-corrected chi connectivity index (χ0v) is 5.93. The minimum absolute atomic E-state index is 1.16. The van der Waals surface area contributed by atoms with Gasteiger partial charge in [-0.05, 0) is 0 Å². The third-order valence-corrected chi connectivity index (χ3v) is 1.31. The van der Waals surface area contributed by atoms with E-state index in [1.807, 2.05) is 0 Å². The van der Waals surface area contributed by atoms with Crippen molar-refractivity contribution < 1.29 is 28.2 Å². The van der Waals surface area contributed by atoms with Gasteiger partial charge in [0.25, 0.3) is 0 Å². The Morgan fingerprint density at radius 1 is 1.42 bits per heavy atom. The van der Waals surface area contributed by atoms with Crippen LogP contribution in [0.4, 0.5) is 13.2 Å². The van der Waals surface area contributed by atoms with E-state index in [0.717, 1.165) is 0 Å². The van der Waals surface area contributed by atoms with E-state index in [2.05, 4.69) is 5.73 Å². The van der Waals surface area contributed by atoms with Gasteiger partial charge in [-0.3, -0.25) is 4.79 Å². The van der Waals surface area contributed by atoms with Crippen molar-refractivity contribution in [3.63, 3.8) is 0 Å². The van der Waals surface area contributed by atoms with Crippen LogP contribution in [0.15, 0.2) is 0 Å². The van der Waals surface area contributed by atoms with Crippen LogP contribution in [-0.4, -0.2) is 34.5 Å². The molecule has 1 atom stereocenters. The topological polar surface area (TPSA) is 83.5 Å². The summed E-state index contributed by atoms with van der Waals surface area (Å²) in [5.74, 6) is -1.75. The average Bonchev–Trinajstić information content (AvgIpc) is 1.83. The van der Waals surface area contributed by atoms with Gasteiger partial charge in [-0.15, -0.1) is 0 Å². The molecule has 0 aliphatic carbocycles. The number of alkyl halides is 3. The van der Waals surface area contributed by atoms with Crippen LogP contribution in [0.1, 0.15) is 6.42 Å². The number of nitrogens with two attached hydrogens (primary N) is 1. The van der Waals surface area contributed by atoms with E-state index >= 15 is 0 Å². The number of carboxylic acid groups (broad SMARTS) is 1. The first-order valence-electron chi connectivity index (χ1n) is 2.94. The second kappa shape index (κ2) is 3.28. The van der Waals surface area contributed by atoms with Crippen LogP contribution < -0.4 is 5.73 Å². The van der Waals surface area contributed by atoms with E-state index < -0.39 is 30.7 Å². The molecule has 7 heteroatoms. The van der Waals surface area contributed by atoms with Crippen LogP contribution in [0.3, 0.4) is 0 Å². The standard InChI is InChI=1S/C5H8F3NO3/c6-5(7,8)4(12,2-9)1-3(10)11/h12H,1-2,9H2,(H,10,11). The van der Waals surface area contributed by atoms with E-state index in [0.29, 0.717) is 0 Å². The number of halogens is 3. The number of carboxylic acids is 1. The molecule has 0 heterocycles. The monoisotopic (exact) mass is 187 g/mol. The zero-order chi connectivity index (χ0) is 9.99. The summed E-state index contributed by atoms with van der Waals surface area (Å²) in [6.45, 7) is -1.16. The molecule has 0 aromatic carbocycles. The largest absolute Gasteiger partial charge is 0.481 e. The predicted molar refractivity (Wildman–Crippen MR) is 32.3 cm³/mol. The minimum atomic E-state index is -5.01. The van der Waals surface area contributed by atoms with Gasteiger partial charge in [0, 0.05) is 6.54 Å². The molecular formula is C5H8F3NO3. The molecule has 0 amide bonds. The molecule has 4 nitrogen and oxygen atoms in total. The summed E-state index contributed by atoms with van der Waals surface area (Å²) in [7, 11) is 0. The third kappa shape index (κ3) is 2.35. The van der Waals surface area contributed by atoms with Gasteiger partial charge >= 0.3 is 12.1 Å². The Bertz CT molecular complexity index is 181. The highest BCUT2D eigenvalue weighted by molar-refractivity contribution is 5.68. The summed E-state index contributed by atoms with van der Waals surface area (Å²) in [6, 6.07) is 0. The van der Waals surface area contributed by atoms with E-state index in [4.69, 9.17) is 10.2 Å². The molecule has 0 fully saturated rings. The number of hydrogen-bond acceptors (Lipinski definition) is 3. The lowest BCUT2D eigenvalue weighted by Crippen LogP contribution is -2.52. The van der Waals surface area contributed by atoms with Crippen molar-refractivity contribution in [2.75, 3.05) is 6.54 Å². The molecule has 0 aliphatic rings. The molecule has 1 unspecified atom stereocenters. The summed E-state index contributed by atoms with van der Waals surface area (Å²) in [5.41, 5.74) is 1.29. The number of hydrogen-bond donors (Lipinski definition) is 3. The highest BCUT2D eigenvalue weighted by Crippen LogP contribution is 2.32. The van der Waals surface area contributed by atoms with Gasteiger partial charge in [-0.1, -0.05) is 0 Å². The van der Waals surface area contributed by atoms with Crippen molar-refractivity contribution in [1.82, 2.24) is 0 Å². The van der Waals surface area contributed by atoms with Gasteiger partial charge in [-0.2, -0.15) is 13.2 Å². The van der Waals surface area contributed by atoms with E-state index in [1.54, 1.807) is 0 Å². The molecule has 0 saturated heterocycles. The zero-order valence-electron chi connectivity index (χ0n) is 5.93. The van der Waals surface area contributed by atoms with Gasteiger partial charge in [0.15, 0.2) is 5.60 Å². The van der Waals surface area contributed by atoms with Crippen molar-refractivity contribution >= 4 is 5.97 Å². The normalized spacial score (nSPS) is 17.1. The van der Waals surface area contributed by atoms with Crippen molar-refractivity contribution in [3.8, 4) is 0 Å². The summed E-state index contributed by atoms with van der Waals surface area (Å²) in [6.07, 6.45) is -6.45. The number of aliphatic hydroxyl groups is 1. The molecule has 0 bridgehead atoms. The Kier molecular flexibility index (Phi) is 3.05. The maximum atomic E-state index is 11.9. The lowest BCUT2D eigenvalue weighted by atomic mass is 10.00. The fourth-order valence-electron chi connectivity index (χ4n) is 0.538. The van der Waals surface area contributed by atoms with Crippen LogP contribution in [0.2, 0.25) is 0 Å². The van der Waals surface area contributed by atoms with Crippen molar-refractivity contribution in [2.45, 2.75) is 18.2 Å². The van der Waals surface area contributed by atoms with Crippen molar-refractivity contribution in [2.24, 2.45) is 5.73 Å². The fourth-order valence-corrected chi connectivity index (χ4v) is 0.538. The van der Waals surface area contributed by atoms with Gasteiger partial charge in [0.05, 0.1) is 6.42 Å². The predicted octanol–water partition coefficient (Wildman–Crippen LogP) is -0.287. The first kappa shape index (κ1) is 11.2. The smallest absolute Gasteiger partial charge is 0.419 e. The minimum Gasteiger partial charge on any atom is -0.481 e. The summed E-state index contributed by atoms with van der Waals surface area (Å²) >= 11 is 0. The van der Waals surface area contributed by atoms with E-state index in [9.17, 15) is 18.0 Å². The third-order valence-electron chi connectivity index (χ3n) is 1.31. The Morgan fingerprint density at radius 2 is 1.83 bits per heavy atom. The molecule has 0 aromatic heterocycles. The lowest BCUT2D eigenvalue weighted by molar-refractivity contribution is -0.258. The van der Waals surface area contributed by atoms with Gasteiger partial charge in [0.2, 0.25) is 0 Å². The Morgan fingerprint density at radius 3 is 1.92 bits per heavy atom. The van der Waals surface area contributed by atoms with Gasteiger partial charge in [0.1, 0.15) is 0 Å². The Balaban J connectivity index is 4.56. The van der Waals surface area contributed by atoms with E-state index in [1.165, 1.54) is 0 Å². The molecule has 0 radical (unpaired) electrons. The molecule has 72 valence electrons. The molecule has 12 heavy (non-hydrogen) atoms. The van der Waals surface area contributed by atoms with Gasteiger partial charge in [-0.25, -0.2) is 0 Å². The molecule has 0 spiro atoms. The maximum Gasteiger partial charge on any atom is 0.419 e. The van der Waals surface area contributed by atoms with Crippen LogP contribution >= 0.6 is 0 Å². The summed E-state index contributed by atoms with van der Waals surface area (Å²) < 4.78 is 35.6. The lowest BCUT2D eigenvalue weighted by Gasteiger charge is -2.26. The average molecular weight is 187 g/mol. The fraction of sp³-hybridized carbons (Fsp3) is 0.800. The number of aliphatic carboxylic acids is 1. The van der Waals surface area contributed by atoms with Crippen LogP contribution in [0.5, 0.6) is 0 Å². The highest BCUT2D eigenvalue weighted by Gasteiger charge is 2.53. The van der Waals surface area contributed by atoms with Crippen LogP contribution in [0.25, 0.3) is 0 Å². The van der Waals surface area contributed by atoms with Gasteiger partial charge < -0.3 is 15.9 Å². The molecule has 0 saturated carbocycles. The highest BCUT2D eigenvalue weighted by atomic mass is 19.4. The second-order valence-electron chi connectivity index (χ2n) is 2.30. The molecule has 4 N–H and O–H groups in total. The first-order valence-corrected chi connectivity index (χ1v) is 2.94. The Labute approximate surface area is 65.8 Å². The first-order chi connectivity index (χ1) is 5.23. The molecule has 0 rings (SSSR count). The van der Waals surface area contributed by atoms with Crippen LogP contribution in [-0.2, 0) is 4.79 Å². The quantitative estimate of drug-likeness (QED) is 0.567. The second-order valence-corrected chi connectivity index (χ2v) is 2.30. The van der Waals surface area contributed by atoms with Crippen LogP contribution in [0, 0.1) is 0 Å². The summed E-state index contributed by atoms with van der Waals surface area (Å²) in [5, 5.41) is 16.7. The maximum absolute atomic E-state index is 11.9. The molecule has 0 aromatic rings. The summed E-state index contributed by atoms with van der Waals surface area (Å²) in [4.78, 5) is 9.90.